The molecule has 0 bridgehead atoms. The number of methoxy groups -OCH3 is 1. The molecule has 3 aromatic rings. The quantitative estimate of drug-likeness (QED) is 0.195. The van der Waals surface area contributed by atoms with E-state index in [-0.39, 0.29) is 48.5 Å². The number of hydrogen-bond acceptors (Lipinski definition) is 5. The number of rotatable bonds is 11. The Morgan fingerprint density at radius 2 is 1.79 bits per heavy atom. The monoisotopic (exact) mass is 549 g/mol. The average Bonchev–Trinajstić information content (AvgIpc) is 3.22. The summed E-state index contributed by atoms with van der Waals surface area (Å²) in [7, 11) is 1.35. The predicted molar refractivity (Wildman–Crippen MR) is 155 cm³/mol. The molecule has 2 atom stereocenters. The van der Waals surface area contributed by atoms with Gasteiger partial charge in [0.1, 0.15) is 18.2 Å². The maximum Gasteiger partial charge on any atom is 0.306 e. The van der Waals surface area contributed by atoms with E-state index in [2.05, 4.69) is 12.1 Å². The summed E-state index contributed by atoms with van der Waals surface area (Å²) in [6.45, 7) is 2.98. The fourth-order valence-corrected chi connectivity index (χ4v) is 5.05. The van der Waals surface area contributed by atoms with E-state index >= 15 is 0 Å². The van der Waals surface area contributed by atoms with Gasteiger partial charge in [-0.1, -0.05) is 54.6 Å². The summed E-state index contributed by atoms with van der Waals surface area (Å²) in [6, 6.07) is 23.7. The third-order valence-electron chi connectivity index (χ3n) is 7.12. The molecular weight excluding hydrogens is 514 g/mol. The van der Waals surface area contributed by atoms with Crippen LogP contribution in [0.2, 0.25) is 0 Å². The van der Waals surface area contributed by atoms with E-state index in [9.17, 15) is 9.59 Å². The molecule has 0 spiro atoms. The number of nitrogens with one attached hydrogen (secondary N) is 1. The van der Waals surface area contributed by atoms with Gasteiger partial charge in [0.2, 0.25) is 5.91 Å². The van der Waals surface area contributed by atoms with Crippen LogP contribution < -0.4 is 10.5 Å². The second kappa shape index (κ2) is 13.8. The summed E-state index contributed by atoms with van der Waals surface area (Å²) in [5.41, 5.74) is 10.7. The van der Waals surface area contributed by atoms with Crippen LogP contribution in [0.4, 0.5) is 0 Å². The molecule has 4 rings (SSSR count). The van der Waals surface area contributed by atoms with Crippen molar-refractivity contribution in [1.82, 2.24) is 4.90 Å². The van der Waals surface area contributed by atoms with E-state index in [1.54, 1.807) is 0 Å². The van der Waals surface area contributed by atoms with Gasteiger partial charge in [0.15, 0.2) is 0 Å². The van der Waals surface area contributed by atoms with Crippen molar-refractivity contribution >= 4 is 30.1 Å². The highest BCUT2D eigenvalue weighted by Gasteiger charge is 2.40. The maximum atomic E-state index is 13.2. The fraction of sp³-hybridized carbons (Fsp3) is 0.323. The Kier molecular flexibility index (Phi) is 10.5. The second-order valence-corrected chi connectivity index (χ2v) is 9.77. The van der Waals surface area contributed by atoms with Crippen molar-refractivity contribution in [2.24, 2.45) is 11.7 Å². The zero-order chi connectivity index (χ0) is 27.1. The average molecular weight is 550 g/mol. The summed E-state index contributed by atoms with van der Waals surface area (Å²) < 4.78 is 10.9. The van der Waals surface area contributed by atoms with Gasteiger partial charge in [-0.2, -0.15) is 0 Å². The smallest absolute Gasteiger partial charge is 0.306 e. The molecule has 1 fully saturated rings. The molecule has 3 aromatic carbocycles. The van der Waals surface area contributed by atoms with Crippen molar-refractivity contribution in [2.75, 3.05) is 20.3 Å². The van der Waals surface area contributed by atoms with E-state index in [4.69, 9.17) is 20.6 Å². The molecule has 1 aliphatic heterocycles. The molecule has 1 saturated heterocycles. The third-order valence-corrected chi connectivity index (χ3v) is 7.12. The van der Waals surface area contributed by atoms with Crippen molar-refractivity contribution in [2.45, 2.75) is 38.6 Å². The number of amidine groups is 1. The lowest BCUT2D eigenvalue weighted by Crippen LogP contribution is -2.38. The zero-order valence-corrected chi connectivity index (χ0v) is 23.2. The summed E-state index contributed by atoms with van der Waals surface area (Å²) in [6.07, 6.45) is 2.39. The van der Waals surface area contributed by atoms with Gasteiger partial charge in [-0.3, -0.25) is 15.0 Å². The Morgan fingerprint density at radius 1 is 1.08 bits per heavy atom. The number of carbonyl (C=O) groups is 2. The minimum absolute atomic E-state index is 0. The van der Waals surface area contributed by atoms with Gasteiger partial charge >= 0.3 is 5.97 Å². The van der Waals surface area contributed by atoms with Gasteiger partial charge in [0, 0.05) is 12.1 Å². The lowest BCUT2D eigenvalue weighted by molar-refractivity contribution is -0.144. The highest BCUT2D eigenvalue weighted by molar-refractivity contribution is 5.95. The molecule has 39 heavy (non-hydrogen) atoms. The first-order chi connectivity index (χ1) is 18.4. The first kappa shape index (κ1) is 29.7. The molecule has 1 heterocycles. The number of hydrogen-bond donors (Lipinski definition) is 2. The number of halogens is 1. The molecule has 7 nitrogen and oxygen atoms in total. The van der Waals surface area contributed by atoms with Crippen LogP contribution >= 0.6 is 12.4 Å². The van der Waals surface area contributed by atoms with Crippen molar-refractivity contribution in [3.63, 3.8) is 0 Å². The van der Waals surface area contributed by atoms with Gasteiger partial charge in [0.05, 0.1) is 25.5 Å². The highest BCUT2D eigenvalue weighted by atomic mass is 35.5. The van der Waals surface area contributed by atoms with Gasteiger partial charge < -0.3 is 20.1 Å². The molecule has 8 heteroatoms. The molecule has 0 unspecified atom stereocenters. The first-order valence-electron chi connectivity index (χ1n) is 12.9. The number of nitrogen functional groups attached to an aromatic ring is 1. The Morgan fingerprint density at radius 3 is 2.44 bits per heavy atom. The van der Waals surface area contributed by atoms with Crippen LogP contribution in [0.1, 0.15) is 36.0 Å². The lowest BCUT2D eigenvalue weighted by Gasteiger charge is -2.25. The van der Waals surface area contributed by atoms with E-state index < -0.39 is 0 Å². The van der Waals surface area contributed by atoms with Crippen molar-refractivity contribution in [1.29, 1.82) is 5.41 Å². The van der Waals surface area contributed by atoms with Gasteiger partial charge in [-0.25, -0.2) is 0 Å². The Labute approximate surface area is 236 Å². The Hall–Kier alpha value is -3.84. The van der Waals surface area contributed by atoms with Crippen LogP contribution in [0.25, 0.3) is 11.1 Å². The fourth-order valence-electron chi connectivity index (χ4n) is 5.05. The Balaban J connectivity index is 0.00000420. The molecule has 0 aromatic heterocycles. The molecule has 206 valence electrons. The summed E-state index contributed by atoms with van der Waals surface area (Å²) in [5, 5.41) is 7.63. The lowest BCUT2D eigenvalue weighted by atomic mass is 9.98. The molecule has 3 N–H and O–H groups in total. The van der Waals surface area contributed by atoms with Crippen molar-refractivity contribution in [3.8, 4) is 16.9 Å². The van der Waals surface area contributed by atoms with E-state index in [0.29, 0.717) is 25.1 Å². The number of nitrogens with two attached hydrogens (primary N) is 1. The highest BCUT2D eigenvalue weighted by Crippen LogP contribution is 2.30. The molecule has 1 amide bonds. The Bertz CT molecular complexity index is 1280. The summed E-state index contributed by atoms with van der Waals surface area (Å²) in [5.74, 6) is 0.0287. The molecule has 0 aliphatic carbocycles. The largest absolute Gasteiger partial charge is 0.491 e. The standard InChI is InChI=1S/C31H35N3O4.ClH/c1-21-17-24(30(32)33)12-15-28(21)23-10-13-27(14-11-23)38-20-26-18-25(19-29(35)37-2)31(36)34(26)16-6-9-22-7-4-3-5-8-22;/h3-5,7-8,10-15,17,25-26H,6,9,16,18-20H2,1-2H3,(H3,32,33);1H/t25-,26-;/m0./s1. The van der Waals surface area contributed by atoms with Crippen molar-refractivity contribution in [3.05, 3.63) is 89.5 Å². The van der Waals surface area contributed by atoms with E-state index in [1.807, 2.05) is 72.5 Å². The van der Waals surface area contributed by atoms with Gasteiger partial charge in [-0.15, -0.1) is 12.4 Å². The summed E-state index contributed by atoms with van der Waals surface area (Å²) in [4.78, 5) is 26.9. The van der Waals surface area contributed by atoms with E-state index in [1.165, 1.54) is 12.7 Å². The number of benzene rings is 3. The number of ether oxygens (including phenoxy) is 2. The van der Waals surface area contributed by atoms with Crippen LogP contribution in [-0.2, 0) is 20.7 Å². The SMILES string of the molecule is COC(=O)C[C@@H]1C[C@@H](COc2ccc(-c3ccc(C(=N)N)cc3C)cc2)N(CCCc2ccccc2)C1=O.Cl. The number of likely N-dealkylation sites (tertiary alicyclic amines) is 1. The number of aryl methyl sites for hydroxylation is 2. The summed E-state index contributed by atoms with van der Waals surface area (Å²) >= 11 is 0. The van der Waals surface area contributed by atoms with Crippen LogP contribution in [0, 0.1) is 18.3 Å². The van der Waals surface area contributed by atoms with Crippen LogP contribution in [0.5, 0.6) is 5.75 Å². The number of amides is 1. The third kappa shape index (κ3) is 7.60. The minimum Gasteiger partial charge on any atom is -0.491 e. The number of carbonyl (C=O) groups excluding carboxylic acids is 2. The van der Waals surface area contributed by atoms with Gasteiger partial charge in [-0.05, 0) is 66.6 Å². The molecule has 0 radical (unpaired) electrons. The zero-order valence-electron chi connectivity index (χ0n) is 22.4. The number of nitrogens with zero attached hydrogens (tertiary/aromatic N) is 1. The van der Waals surface area contributed by atoms with Crippen LogP contribution in [0.3, 0.4) is 0 Å². The second-order valence-electron chi connectivity index (χ2n) is 9.77. The van der Waals surface area contributed by atoms with Crippen LogP contribution in [-0.4, -0.2) is 48.9 Å². The maximum absolute atomic E-state index is 13.2. The predicted octanol–water partition coefficient (Wildman–Crippen LogP) is 5.16. The molecule has 0 saturated carbocycles. The minimum atomic E-state index is -0.379. The van der Waals surface area contributed by atoms with Crippen LogP contribution in [0.15, 0.2) is 72.8 Å². The van der Waals surface area contributed by atoms with Gasteiger partial charge in [0.25, 0.3) is 0 Å². The molecular formula is C31H36ClN3O4. The van der Waals surface area contributed by atoms with E-state index in [0.717, 1.165) is 35.3 Å². The molecule has 1 aliphatic rings. The topological polar surface area (TPSA) is 106 Å². The number of esters is 1. The normalized spacial score (nSPS) is 16.5. The first-order valence-corrected chi connectivity index (χ1v) is 12.9. The van der Waals surface area contributed by atoms with Crippen molar-refractivity contribution < 1.29 is 19.1 Å².